The number of rotatable bonds is 1. The lowest BCUT2D eigenvalue weighted by Gasteiger charge is -1.99. The summed E-state index contributed by atoms with van der Waals surface area (Å²) in [5.74, 6) is 2.75. The van der Waals surface area contributed by atoms with Gasteiger partial charge in [-0.15, -0.1) is 0 Å². The van der Waals surface area contributed by atoms with Crippen LogP contribution in [0.4, 0.5) is 0 Å². The molecule has 0 spiro atoms. The van der Waals surface area contributed by atoms with Crippen LogP contribution < -0.4 is 0 Å². The predicted molar refractivity (Wildman–Crippen MR) is 83.1 cm³/mol. The first-order chi connectivity index (χ1) is 9.31. The molecule has 2 aromatic carbocycles. The van der Waals surface area contributed by atoms with Crippen molar-refractivity contribution in [3.05, 3.63) is 42.0 Å². The van der Waals surface area contributed by atoms with E-state index in [9.17, 15) is 0 Å². The van der Waals surface area contributed by atoms with Crippen molar-refractivity contribution in [3.8, 4) is 0 Å². The Labute approximate surface area is 115 Å². The molecule has 2 heterocycles. The van der Waals surface area contributed by atoms with Crippen molar-refractivity contribution < 1.29 is 4.42 Å². The molecule has 0 radical (unpaired) electrons. The first-order valence-corrected chi connectivity index (χ1v) is 8.48. The van der Waals surface area contributed by atoms with Crippen molar-refractivity contribution in [2.75, 3.05) is 11.5 Å². The van der Waals surface area contributed by atoms with Gasteiger partial charge in [-0.2, -0.15) is 0 Å². The van der Waals surface area contributed by atoms with Crippen LogP contribution in [0.1, 0.15) is 18.4 Å². The van der Waals surface area contributed by atoms with Crippen molar-refractivity contribution in [2.45, 2.75) is 24.7 Å². The largest absolute Gasteiger partial charge is 0.456 e. The average molecular weight is 269 g/mol. The fraction of sp³-hybridized carbons (Fsp3) is 0.294. The molecule has 1 fully saturated rings. The van der Waals surface area contributed by atoms with Crippen molar-refractivity contribution in [1.82, 2.24) is 0 Å². The highest BCUT2D eigenvalue weighted by atomic mass is 32.2. The van der Waals surface area contributed by atoms with Crippen LogP contribution in [0.3, 0.4) is 0 Å². The van der Waals surface area contributed by atoms with Gasteiger partial charge in [0.1, 0.15) is 22.7 Å². The fourth-order valence-electron chi connectivity index (χ4n) is 2.94. The van der Waals surface area contributed by atoms with Crippen molar-refractivity contribution >= 4 is 32.8 Å². The van der Waals surface area contributed by atoms with Gasteiger partial charge in [-0.1, -0.05) is 11.6 Å². The topological polar surface area (TPSA) is 13.1 Å². The number of hydrogen-bond acceptors (Lipinski definition) is 1. The van der Waals surface area contributed by atoms with Crippen molar-refractivity contribution in [3.63, 3.8) is 0 Å². The maximum absolute atomic E-state index is 5.93. The summed E-state index contributed by atoms with van der Waals surface area (Å²) < 4.78 is 5.93. The summed E-state index contributed by atoms with van der Waals surface area (Å²) in [6.45, 7) is 2.14. The highest BCUT2D eigenvalue weighted by Crippen LogP contribution is 2.33. The fourth-order valence-corrected chi connectivity index (χ4v) is 5.27. The van der Waals surface area contributed by atoms with Crippen LogP contribution >= 0.6 is 0 Å². The number of fused-ring (bicyclic) bond motifs is 3. The maximum atomic E-state index is 5.93. The average Bonchev–Trinajstić information content (AvgIpc) is 3.05. The van der Waals surface area contributed by atoms with E-state index >= 15 is 0 Å². The lowest BCUT2D eigenvalue weighted by atomic mass is 10.1. The van der Waals surface area contributed by atoms with Crippen molar-refractivity contribution in [1.29, 1.82) is 0 Å². The highest BCUT2D eigenvalue weighted by Gasteiger charge is 2.27. The summed E-state index contributed by atoms with van der Waals surface area (Å²) >= 11 is 0. The zero-order valence-corrected chi connectivity index (χ0v) is 11.9. The highest BCUT2D eigenvalue weighted by molar-refractivity contribution is 7.97. The molecular formula is C17H17OS+. The maximum Gasteiger partial charge on any atom is 0.155 e. The van der Waals surface area contributed by atoms with E-state index in [1.54, 1.807) is 0 Å². The Hall–Kier alpha value is -1.41. The van der Waals surface area contributed by atoms with E-state index in [0.29, 0.717) is 10.9 Å². The second kappa shape index (κ2) is 4.31. The Morgan fingerprint density at radius 1 is 0.895 bits per heavy atom. The third-order valence-corrected chi connectivity index (χ3v) is 6.44. The molecule has 0 atom stereocenters. The molecule has 2 heteroatoms. The molecule has 1 saturated heterocycles. The lowest BCUT2D eigenvalue weighted by molar-refractivity contribution is 0.668. The van der Waals surface area contributed by atoms with Crippen LogP contribution in [0, 0.1) is 6.92 Å². The Morgan fingerprint density at radius 2 is 1.58 bits per heavy atom. The Morgan fingerprint density at radius 3 is 2.37 bits per heavy atom. The molecular weight excluding hydrogens is 252 g/mol. The molecule has 0 amide bonds. The second-order valence-electron chi connectivity index (χ2n) is 5.37. The normalized spacial score (nSPS) is 16.7. The van der Waals surface area contributed by atoms with Gasteiger partial charge >= 0.3 is 0 Å². The molecule has 96 valence electrons. The van der Waals surface area contributed by atoms with Crippen LogP contribution in [-0.2, 0) is 10.9 Å². The molecule has 0 bridgehead atoms. The Balaban J connectivity index is 1.95. The molecule has 1 aliphatic heterocycles. The monoisotopic (exact) mass is 269 g/mol. The molecule has 0 aliphatic carbocycles. The van der Waals surface area contributed by atoms with E-state index < -0.39 is 0 Å². The zero-order chi connectivity index (χ0) is 12.8. The van der Waals surface area contributed by atoms with Gasteiger partial charge in [-0.3, -0.25) is 0 Å². The van der Waals surface area contributed by atoms with E-state index in [4.69, 9.17) is 4.42 Å². The summed E-state index contributed by atoms with van der Waals surface area (Å²) in [6.07, 6.45) is 2.79. The lowest BCUT2D eigenvalue weighted by Crippen LogP contribution is -2.02. The first kappa shape index (κ1) is 11.4. The first-order valence-electron chi connectivity index (χ1n) is 6.92. The molecule has 0 unspecified atom stereocenters. The van der Waals surface area contributed by atoms with Gasteiger partial charge in [0.05, 0.1) is 0 Å². The zero-order valence-electron chi connectivity index (χ0n) is 11.1. The molecule has 1 aliphatic rings. The molecule has 1 aromatic heterocycles. The summed E-state index contributed by atoms with van der Waals surface area (Å²) in [5.41, 5.74) is 3.32. The number of furan rings is 1. The third-order valence-electron chi connectivity index (χ3n) is 3.96. The number of hydrogen-bond donors (Lipinski definition) is 0. The Kier molecular flexibility index (Phi) is 2.59. The molecule has 3 aromatic rings. The van der Waals surface area contributed by atoms with Crippen LogP contribution in [0.25, 0.3) is 21.9 Å². The van der Waals surface area contributed by atoms with E-state index in [1.807, 2.05) is 0 Å². The quantitative estimate of drug-likeness (QED) is 0.585. The summed E-state index contributed by atoms with van der Waals surface area (Å²) in [5, 5.41) is 2.55. The van der Waals surface area contributed by atoms with Gasteiger partial charge in [0.15, 0.2) is 4.90 Å². The predicted octanol–water partition coefficient (Wildman–Crippen LogP) is 4.67. The van der Waals surface area contributed by atoms with Gasteiger partial charge < -0.3 is 4.42 Å². The van der Waals surface area contributed by atoms with Crippen LogP contribution in [0.2, 0.25) is 0 Å². The molecule has 0 saturated carbocycles. The Bertz CT molecular complexity index is 750. The van der Waals surface area contributed by atoms with Crippen LogP contribution in [0.15, 0.2) is 45.7 Å². The van der Waals surface area contributed by atoms with Crippen LogP contribution in [0.5, 0.6) is 0 Å². The number of benzene rings is 2. The van der Waals surface area contributed by atoms with Gasteiger partial charge in [0.2, 0.25) is 0 Å². The standard InChI is InChI=1S/C17H17OS/c1-12-4-6-16-14(10-12)15-11-13(5-7-17(15)18-16)19-8-2-3-9-19/h4-7,10-11H,2-3,8-9H2,1H3/q+1. The molecule has 1 nitrogen and oxygen atoms in total. The summed E-state index contributed by atoms with van der Waals surface area (Å²) in [6, 6.07) is 13.2. The van der Waals surface area contributed by atoms with E-state index in [0.717, 1.165) is 11.2 Å². The minimum Gasteiger partial charge on any atom is -0.456 e. The van der Waals surface area contributed by atoms with Gasteiger partial charge in [-0.05, 0) is 44.0 Å². The third kappa shape index (κ3) is 1.86. The van der Waals surface area contributed by atoms with Gasteiger partial charge in [0, 0.05) is 27.7 Å². The smallest absolute Gasteiger partial charge is 0.155 e. The second-order valence-corrected chi connectivity index (χ2v) is 7.64. The van der Waals surface area contributed by atoms with Gasteiger partial charge in [0.25, 0.3) is 0 Å². The van der Waals surface area contributed by atoms with Crippen LogP contribution in [-0.4, -0.2) is 11.5 Å². The summed E-state index contributed by atoms with van der Waals surface area (Å²) in [4.78, 5) is 1.52. The minimum absolute atomic E-state index is 0.479. The molecule has 0 N–H and O–H groups in total. The van der Waals surface area contributed by atoms with E-state index in [1.165, 1.54) is 45.6 Å². The van der Waals surface area contributed by atoms with E-state index in [2.05, 4.69) is 43.3 Å². The van der Waals surface area contributed by atoms with E-state index in [-0.39, 0.29) is 0 Å². The molecule has 19 heavy (non-hydrogen) atoms. The SMILES string of the molecule is Cc1ccc2oc3ccc([S+]4CCCC4)cc3c2c1. The van der Waals surface area contributed by atoms with Crippen molar-refractivity contribution in [2.24, 2.45) is 0 Å². The molecule has 4 rings (SSSR count). The van der Waals surface area contributed by atoms with Gasteiger partial charge in [-0.25, -0.2) is 0 Å². The minimum atomic E-state index is 0.479. The number of aryl methyl sites for hydroxylation is 1. The summed E-state index contributed by atoms with van der Waals surface area (Å²) in [7, 11) is 0.479.